The molecular weight excluding hydrogens is 419 g/mol. The first-order valence-electron chi connectivity index (χ1n) is 10.1. The van der Waals surface area contributed by atoms with Gasteiger partial charge in [-0.1, -0.05) is 0 Å². The minimum atomic E-state index is -0.838. The number of aliphatic imine (C=N–C) groups is 1. The average molecular weight is 438 g/mol. The maximum atomic E-state index is 14.3. The second kappa shape index (κ2) is 8.35. The van der Waals surface area contributed by atoms with E-state index in [0.29, 0.717) is 25.5 Å². The van der Waals surface area contributed by atoms with Crippen molar-refractivity contribution in [3.63, 3.8) is 0 Å². The summed E-state index contributed by atoms with van der Waals surface area (Å²) in [4.78, 5) is 21.0. The number of morpholine rings is 1. The van der Waals surface area contributed by atoms with E-state index in [1.54, 1.807) is 11.2 Å². The summed E-state index contributed by atoms with van der Waals surface area (Å²) >= 11 is 0. The molecule has 0 N–H and O–H groups in total. The van der Waals surface area contributed by atoms with Crippen molar-refractivity contribution >= 4 is 23.7 Å². The summed E-state index contributed by atoms with van der Waals surface area (Å²) in [6.07, 6.45) is 5.10. The molecule has 0 radical (unpaired) electrons. The van der Waals surface area contributed by atoms with Crippen LogP contribution in [0.4, 0.5) is 15.9 Å². The maximum Gasteiger partial charge on any atom is 0.272 e. The molecule has 4 heterocycles. The third-order valence-electron chi connectivity index (χ3n) is 5.46. The molecule has 10 nitrogen and oxygen atoms in total. The van der Waals surface area contributed by atoms with Crippen LogP contribution >= 0.6 is 0 Å². The lowest BCUT2D eigenvalue weighted by Gasteiger charge is -2.28. The SMILES string of the molecule is O=[N+]([O-])c1ccc(OC2=NC=NN3CC(c4ccnc(N5CCOCC5)c4)C=C23)c(F)c1. The first-order valence-corrected chi connectivity index (χ1v) is 10.1. The number of nitro groups is 1. The van der Waals surface area contributed by atoms with Gasteiger partial charge in [0.25, 0.3) is 5.69 Å². The number of nitrogens with zero attached hydrogens (tertiary/aromatic N) is 6. The summed E-state index contributed by atoms with van der Waals surface area (Å²) in [5.74, 6) is 0.106. The van der Waals surface area contributed by atoms with Gasteiger partial charge in [-0.2, -0.15) is 10.1 Å². The minimum absolute atomic E-state index is 0.0125. The van der Waals surface area contributed by atoms with Crippen LogP contribution in [0.15, 0.2) is 58.4 Å². The third-order valence-corrected chi connectivity index (χ3v) is 5.46. The van der Waals surface area contributed by atoms with E-state index < -0.39 is 10.7 Å². The zero-order chi connectivity index (χ0) is 22.1. The van der Waals surface area contributed by atoms with Gasteiger partial charge in [-0.25, -0.2) is 9.37 Å². The van der Waals surface area contributed by atoms with Crippen molar-refractivity contribution < 1.29 is 18.8 Å². The van der Waals surface area contributed by atoms with Gasteiger partial charge in [0.05, 0.1) is 30.7 Å². The maximum absolute atomic E-state index is 14.3. The molecule has 11 heteroatoms. The minimum Gasteiger partial charge on any atom is -0.434 e. The molecule has 3 aliphatic heterocycles. The number of hydrazone groups is 1. The molecular formula is C21H19FN6O4. The van der Waals surface area contributed by atoms with Crippen LogP contribution in [-0.4, -0.2) is 60.0 Å². The van der Waals surface area contributed by atoms with Gasteiger partial charge in [-0.3, -0.25) is 15.1 Å². The fraction of sp³-hybridized carbons (Fsp3) is 0.286. The van der Waals surface area contributed by atoms with E-state index in [1.807, 2.05) is 12.1 Å². The van der Waals surface area contributed by atoms with Crippen molar-refractivity contribution in [2.45, 2.75) is 5.92 Å². The van der Waals surface area contributed by atoms with E-state index in [-0.39, 0.29) is 23.3 Å². The summed E-state index contributed by atoms with van der Waals surface area (Å²) in [5.41, 5.74) is 1.33. The molecule has 0 saturated carbocycles. The Kier molecular flexibility index (Phi) is 5.23. The van der Waals surface area contributed by atoms with E-state index >= 15 is 0 Å². The van der Waals surface area contributed by atoms with Crippen molar-refractivity contribution in [3.8, 4) is 5.75 Å². The molecule has 164 valence electrons. The lowest BCUT2D eigenvalue weighted by Crippen LogP contribution is -2.36. The number of ether oxygens (including phenoxy) is 2. The van der Waals surface area contributed by atoms with Gasteiger partial charge in [-0.15, -0.1) is 0 Å². The lowest BCUT2D eigenvalue weighted by atomic mass is 10.0. The Bertz CT molecular complexity index is 1140. The molecule has 0 bridgehead atoms. The summed E-state index contributed by atoms with van der Waals surface area (Å²) in [6, 6.07) is 7.24. The molecule has 1 aromatic heterocycles. The fourth-order valence-electron chi connectivity index (χ4n) is 3.81. The normalized spacial score (nSPS) is 20.0. The van der Waals surface area contributed by atoms with E-state index in [2.05, 4.69) is 26.0 Å². The molecule has 5 rings (SSSR count). The molecule has 1 aromatic carbocycles. The van der Waals surface area contributed by atoms with Crippen molar-refractivity contribution in [1.82, 2.24) is 9.99 Å². The van der Waals surface area contributed by atoms with Crippen LogP contribution in [0.5, 0.6) is 5.75 Å². The standard InChI is InChI=1S/C21H19FN6O4/c22-17-11-16(28(29)30)1-2-19(17)32-21-18-9-15(12-27(18)25-13-24-21)14-3-4-23-20(10-14)26-5-7-31-8-6-26/h1-4,9-11,13,15H,5-8,12H2. The van der Waals surface area contributed by atoms with Crippen molar-refractivity contribution in [3.05, 3.63) is 69.8 Å². The van der Waals surface area contributed by atoms with Gasteiger partial charge < -0.3 is 14.4 Å². The highest BCUT2D eigenvalue weighted by Gasteiger charge is 2.31. The van der Waals surface area contributed by atoms with Gasteiger partial charge in [0.15, 0.2) is 11.6 Å². The van der Waals surface area contributed by atoms with Crippen LogP contribution in [0.1, 0.15) is 11.5 Å². The summed E-state index contributed by atoms with van der Waals surface area (Å²) in [7, 11) is 0. The predicted octanol–water partition coefficient (Wildman–Crippen LogP) is 2.68. The third kappa shape index (κ3) is 3.89. The summed E-state index contributed by atoms with van der Waals surface area (Å²) < 4.78 is 25.4. The van der Waals surface area contributed by atoms with Crippen molar-refractivity contribution in [2.24, 2.45) is 10.1 Å². The molecule has 1 unspecified atom stereocenters. The second-order valence-electron chi connectivity index (χ2n) is 7.43. The largest absolute Gasteiger partial charge is 0.434 e. The van der Waals surface area contributed by atoms with Crippen LogP contribution in [0.25, 0.3) is 0 Å². The van der Waals surface area contributed by atoms with Gasteiger partial charge in [0.2, 0.25) is 5.90 Å². The molecule has 0 aliphatic carbocycles. The van der Waals surface area contributed by atoms with Gasteiger partial charge in [0.1, 0.15) is 17.9 Å². The number of non-ortho nitro benzene ring substituents is 1. The Morgan fingerprint density at radius 1 is 1.22 bits per heavy atom. The van der Waals surface area contributed by atoms with Gasteiger partial charge >= 0.3 is 0 Å². The number of hydrogen-bond acceptors (Lipinski definition) is 9. The van der Waals surface area contributed by atoms with Crippen LogP contribution in [0.2, 0.25) is 0 Å². The number of benzene rings is 1. The van der Waals surface area contributed by atoms with Crippen LogP contribution in [-0.2, 0) is 4.74 Å². The number of halogens is 1. The number of anilines is 1. The first-order chi connectivity index (χ1) is 15.6. The molecule has 0 amide bonds. The lowest BCUT2D eigenvalue weighted by molar-refractivity contribution is -0.385. The highest BCUT2D eigenvalue weighted by molar-refractivity contribution is 6.00. The molecule has 2 aromatic rings. The molecule has 32 heavy (non-hydrogen) atoms. The Labute approximate surface area is 182 Å². The quantitative estimate of drug-likeness (QED) is 0.534. The number of fused-ring (bicyclic) bond motifs is 1. The van der Waals surface area contributed by atoms with Crippen LogP contribution in [0, 0.1) is 15.9 Å². The zero-order valence-corrected chi connectivity index (χ0v) is 16.9. The fourth-order valence-corrected chi connectivity index (χ4v) is 3.81. The first kappa shape index (κ1) is 20.1. The predicted molar refractivity (Wildman–Crippen MR) is 114 cm³/mol. The van der Waals surface area contributed by atoms with E-state index in [1.165, 1.54) is 18.5 Å². The number of rotatable bonds is 4. The average Bonchev–Trinajstić information content (AvgIpc) is 3.26. The Hall–Kier alpha value is -3.86. The van der Waals surface area contributed by atoms with E-state index in [9.17, 15) is 14.5 Å². The number of nitro benzene ring substituents is 1. The molecule has 1 fully saturated rings. The van der Waals surface area contributed by atoms with Gasteiger partial charge in [-0.05, 0) is 29.8 Å². The van der Waals surface area contributed by atoms with Crippen molar-refractivity contribution in [1.29, 1.82) is 0 Å². The van der Waals surface area contributed by atoms with E-state index in [4.69, 9.17) is 9.47 Å². The second-order valence-corrected chi connectivity index (χ2v) is 7.43. The van der Waals surface area contributed by atoms with Crippen LogP contribution in [0.3, 0.4) is 0 Å². The van der Waals surface area contributed by atoms with Gasteiger partial charge in [0, 0.05) is 31.3 Å². The Morgan fingerprint density at radius 2 is 2.06 bits per heavy atom. The smallest absolute Gasteiger partial charge is 0.272 e. The molecule has 1 saturated heterocycles. The van der Waals surface area contributed by atoms with Crippen LogP contribution < -0.4 is 9.64 Å². The number of aromatic nitrogens is 1. The summed E-state index contributed by atoms with van der Waals surface area (Å²) in [5, 5.41) is 16.8. The Morgan fingerprint density at radius 3 is 2.84 bits per heavy atom. The monoisotopic (exact) mass is 438 g/mol. The topological polar surface area (TPSA) is 106 Å². The zero-order valence-electron chi connectivity index (χ0n) is 16.9. The molecule has 0 spiro atoms. The molecule has 3 aliphatic rings. The summed E-state index contributed by atoms with van der Waals surface area (Å²) in [6.45, 7) is 3.52. The van der Waals surface area contributed by atoms with E-state index in [0.717, 1.165) is 30.5 Å². The number of pyridine rings is 1. The highest BCUT2D eigenvalue weighted by atomic mass is 19.1. The molecule has 1 atom stereocenters. The number of hydrogen-bond donors (Lipinski definition) is 0. The van der Waals surface area contributed by atoms with Crippen molar-refractivity contribution in [2.75, 3.05) is 37.7 Å². The highest BCUT2D eigenvalue weighted by Crippen LogP contribution is 2.33. The Balaban J connectivity index is 1.37.